The normalized spacial score (nSPS) is 29.3. The molecule has 0 unspecified atom stereocenters. The van der Waals surface area contributed by atoms with Gasteiger partial charge in [0, 0.05) is 24.3 Å². The molecule has 2 aromatic carbocycles. The van der Waals surface area contributed by atoms with E-state index in [1.54, 1.807) is 35.8 Å². The van der Waals surface area contributed by atoms with Crippen molar-refractivity contribution in [2.24, 2.45) is 11.8 Å². The van der Waals surface area contributed by atoms with E-state index in [0.29, 0.717) is 12.1 Å². The number of aryl methyl sites for hydroxylation is 1. The second kappa shape index (κ2) is 7.21. The Morgan fingerprint density at radius 1 is 1.03 bits per heavy atom. The average molecular weight is 436 g/mol. The van der Waals surface area contributed by atoms with Crippen molar-refractivity contribution in [3.8, 4) is 0 Å². The molecule has 2 saturated heterocycles. The van der Waals surface area contributed by atoms with Crippen molar-refractivity contribution in [3.63, 3.8) is 0 Å². The zero-order valence-corrected chi connectivity index (χ0v) is 18.6. The molecule has 2 fully saturated rings. The molecular weight excluding hydrogens is 410 g/mol. The van der Waals surface area contributed by atoms with Crippen molar-refractivity contribution < 1.29 is 14.4 Å². The van der Waals surface area contributed by atoms with Crippen LogP contribution < -0.4 is 15.1 Å². The van der Waals surface area contributed by atoms with E-state index in [4.69, 9.17) is 0 Å². The highest BCUT2D eigenvalue weighted by Crippen LogP contribution is 2.55. The number of fused-ring (bicyclic) bond motifs is 4. The first-order valence-electron chi connectivity index (χ1n) is 10.5. The molecule has 4 atom stereocenters. The molecule has 3 heterocycles. The van der Waals surface area contributed by atoms with Crippen LogP contribution in [0, 0.1) is 18.8 Å². The summed E-state index contributed by atoms with van der Waals surface area (Å²) in [5.41, 5.74) is 2.00. The van der Waals surface area contributed by atoms with Gasteiger partial charge in [-0.15, -0.1) is 0 Å². The van der Waals surface area contributed by atoms with Gasteiger partial charge in [0.05, 0.1) is 17.5 Å². The van der Waals surface area contributed by atoms with Crippen molar-refractivity contribution in [1.82, 2.24) is 5.32 Å². The van der Waals surface area contributed by atoms with Crippen LogP contribution in [0.2, 0.25) is 0 Å². The van der Waals surface area contributed by atoms with E-state index in [9.17, 15) is 14.4 Å². The number of hydrogen-bond acceptors (Lipinski definition) is 5. The van der Waals surface area contributed by atoms with Gasteiger partial charge in [0.2, 0.25) is 11.8 Å². The van der Waals surface area contributed by atoms with Crippen molar-refractivity contribution in [1.29, 1.82) is 0 Å². The Kier molecular flexibility index (Phi) is 4.71. The van der Waals surface area contributed by atoms with Gasteiger partial charge in [-0.1, -0.05) is 35.9 Å². The topological polar surface area (TPSA) is 69.7 Å². The lowest BCUT2D eigenvalue weighted by atomic mass is 9.76. The molecule has 1 N–H and O–H groups in total. The molecule has 160 valence electrons. The van der Waals surface area contributed by atoms with Gasteiger partial charge in [-0.3, -0.25) is 19.7 Å². The van der Waals surface area contributed by atoms with E-state index >= 15 is 0 Å². The summed E-state index contributed by atoms with van der Waals surface area (Å²) in [5.74, 6) is -1.15. The number of rotatable bonds is 4. The summed E-state index contributed by atoms with van der Waals surface area (Å²) in [6.07, 6.45) is 2.73. The van der Waals surface area contributed by atoms with Crippen LogP contribution >= 0.6 is 11.8 Å². The van der Waals surface area contributed by atoms with E-state index in [1.807, 2.05) is 49.6 Å². The molecule has 0 aliphatic carbocycles. The Bertz CT molecular complexity index is 1090. The zero-order valence-electron chi connectivity index (χ0n) is 17.8. The van der Waals surface area contributed by atoms with Crippen LogP contribution in [-0.4, -0.2) is 42.8 Å². The maximum absolute atomic E-state index is 13.8. The fourth-order valence-corrected chi connectivity index (χ4v) is 5.99. The number of anilines is 2. The van der Waals surface area contributed by atoms with Crippen LogP contribution in [-0.2, 0) is 19.9 Å². The molecular formula is C24H25N3O3S. The summed E-state index contributed by atoms with van der Waals surface area (Å²) in [4.78, 5) is 44.0. The van der Waals surface area contributed by atoms with Gasteiger partial charge < -0.3 is 4.90 Å². The lowest BCUT2D eigenvalue weighted by Crippen LogP contribution is -2.54. The van der Waals surface area contributed by atoms with Gasteiger partial charge in [-0.2, -0.15) is 11.8 Å². The van der Waals surface area contributed by atoms with E-state index in [-0.39, 0.29) is 23.8 Å². The SMILES string of the molecule is CSCC[C@@H]1N[C@@]2(C(=O)N(C)c3ccccc32)[C@@H]2C(=O)N(c3ccc(C)cc3)C(=O)[C@H]12. The molecule has 3 amide bonds. The number of hydrogen-bond donors (Lipinski definition) is 1. The largest absolute Gasteiger partial charge is 0.313 e. The number of carbonyl (C=O) groups is 3. The molecule has 2 aromatic rings. The highest BCUT2D eigenvalue weighted by molar-refractivity contribution is 7.98. The predicted octanol–water partition coefficient (Wildman–Crippen LogP) is 2.70. The summed E-state index contributed by atoms with van der Waals surface area (Å²) in [7, 11) is 1.74. The minimum atomic E-state index is -1.20. The lowest BCUT2D eigenvalue weighted by molar-refractivity contribution is -0.131. The third kappa shape index (κ3) is 2.66. The van der Waals surface area contributed by atoms with Crippen molar-refractivity contribution in [2.75, 3.05) is 28.9 Å². The van der Waals surface area contributed by atoms with E-state index in [0.717, 1.165) is 22.6 Å². The van der Waals surface area contributed by atoms with Crippen molar-refractivity contribution in [3.05, 3.63) is 59.7 Å². The van der Waals surface area contributed by atoms with Gasteiger partial charge in [-0.25, -0.2) is 4.90 Å². The van der Waals surface area contributed by atoms with Crippen molar-refractivity contribution in [2.45, 2.75) is 24.9 Å². The highest BCUT2D eigenvalue weighted by Gasteiger charge is 2.71. The number of carbonyl (C=O) groups excluding carboxylic acids is 3. The molecule has 0 bridgehead atoms. The molecule has 31 heavy (non-hydrogen) atoms. The summed E-state index contributed by atoms with van der Waals surface area (Å²) in [5, 5.41) is 3.51. The number of nitrogens with one attached hydrogen (secondary N) is 1. The molecule has 0 aromatic heterocycles. The molecule has 0 radical (unpaired) electrons. The number of imide groups is 1. The standard InChI is InChI=1S/C24H25N3O3S/c1-14-8-10-15(11-9-14)27-21(28)19-17(12-13-31-3)25-24(20(19)22(27)29)16-6-4-5-7-18(16)26(2)23(24)30/h4-11,17,19-20,25H,12-13H2,1-3H3/t17-,19+,20-,24+/m0/s1. The minimum absolute atomic E-state index is 0.165. The number of benzene rings is 2. The molecule has 0 saturated carbocycles. The second-order valence-electron chi connectivity index (χ2n) is 8.57. The number of thioether (sulfide) groups is 1. The minimum Gasteiger partial charge on any atom is -0.313 e. The smallest absolute Gasteiger partial charge is 0.252 e. The lowest BCUT2D eigenvalue weighted by Gasteiger charge is -2.30. The molecule has 1 spiro atoms. The molecule has 6 nitrogen and oxygen atoms in total. The van der Waals surface area contributed by atoms with Gasteiger partial charge in [0.1, 0.15) is 5.54 Å². The van der Waals surface area contributed by atoms with E-state index in [1.165, 1.54) is 4.90 Å². The Balaban J connectivity index is 1.66. The van der Waals surface area contributed by atoms with Gasteiger partial charge in [0.15, 0.2) is 0 Å². The predicted molar refractivity (Wildman–Crippen MR) is 122 cm³/mol. The molecule has 3 aliphatic heterocycles. The molecule has 7 heteroatoms. The third-order valence-corrected chi connectivity index (χ3v) is 7.57. The monoisotopic (exact) mass is 435 g/mol. The Morgan fingerprint density at radius 2 is 1.74 bits per heavy atom. The second-order valence-corrected chi connectivity index (χ2v) is 9.56. The van der Waals surface area contributed by atoms with E-state index in [2.05, 4.69) is 5.32 Å². The highest BCUT2D eigenvalue weighted by atomic mass is 32.2. The van der Waals surface area contributed by atoms with Crippen molar-refractivity contribution >= 4 is 40.9 Å². The van der Waals surface area contributed by atoms with Crippen LogP contribution in [0.4, 0.5) is 11.4 Å². The summed E-state index contributed by atoms with van der Waals surface area (Å²) < 4.78 is 0. The Hall–Kier alpha value is -2.64. The molecule has 5 rings (SSSR count). The maximum atomic E-state index is 13.8. The summed E-state index contributed by atoms with van der Waals surface area (Å²) >= 11 is 1.70. The number of likely N-dealkylation sites (N-methyl/N-ethyl adjacent to an activating group) is 1. The van der Waals surface area contributed by atoms with E-state index < -0.39 is 17.4 Å². The van der Waals surface area contributed by atoms with Crippen LogP contribution in [0.1, 0.15) is 17.5 Å². The van der Waals surface area contributed by atoms with Crippen LogP contribution in [0.3, 0.4) is 0 Å². The fraction of sp³-hybridized carbons (Fsp3) is 0.375. The zero-order chi connectivity index (χ0) is 21.9. The van der Waals surface area contributed by atoms with Gasteiger partial charge in [0.25, 0.3) is 5.91 Å². The fourth-order valence-electron chi connectivity index (χ4n) is 5.50. The third-order valence-electron chi connectivity index (χ3n) is 6.92. The summed E-state index contributed by atoms with van der Waals surface area (Å²) in [6.45, 7) is 1.97. The quantitative estimate of drug-likeness (QED) is 0.748. The first kappa shape index (κ1) is 20.3. The van der Waals surface area contributed by atoms with Gasteiger partial charge >= 0.3 is 0 Å². The molecule has 3 aliphatic rings. The van der Waals surface area contributed by atoms with Crippen LogP contribution in [0.25, 0.3) is 0 Å². The number of amides is 3. The van der Waals surface area contributed by atoms with Crippen LogP contribution in [0.15, 0.2) is 48.5 Å². The average Bonchev–Trinajstić information content (AvgIpc) is 3.33. The first-order chi connectivity index (χ1) is 14.9. The number of nitrogens with zero attached hydrogens (tertiary/aromatic N) is 2. The van der Waals surface area contributed by atoms with Gasteiger partial charge in [-0.05, 0) is 43.6 Å². The Morgan fingerprint density at radius 3 is 2.45 bits per heavy atom. The number of para-hydroxylation sites is 1. The first-order valence-corrected chi connectivity index (χ1v) is 11.9. The Labute approximate surface area is 186 Å². The maximum Gasteiger partial charge on any atom is 0.252 e. The summed E-state index contributed by atoms with van der Waals surface area (Å²) in [6, 6.07) is 14.7. The van der Waals surface area contributed by atoms with Crippen LogP contribution in [0.5, 0.6) is 0 Å².